The zero-order chi connectivity index (χ0) is 17.6. The molecule has 0 unspecified atom stereocenters. The van der Waals surface area contributed by atoms with E-state index in [0.717, 1.165) is 25.2 Å². The van der Waals surface area contributed by atoms with E-state index in [1.807, 2.05) is 18.2 Å². The molecule has 1 aliphatic rings. The minimum absolute atomic E-state index is 0.0268. The number of hydrogen-bond acceptors (Lipinski definition) is 2. The summed E-state index contributed by atoms with van der Waals surface area (Å²) < 4.78 is 13.8. The molecule has 1 aliphatic heterocycles. The van der Waals surface area contributed by atoms with E-state index in [1.165, 1.54) is 43.0 Å². The predicted octanol–water partition coefficient (Wildman–Crippen LogP) is 4.40. The monoisotopic (exact) mass is 360 g/mol. The van der Waals surface area contributed by atoms with E-state index in [9.17, 15) is 9.18 Å². The molecular weight excluding hydrogens is 339 g/mol. The van der Waals surface area contributed by atoms with Crippen LogP contribution in [0.25, 0.3) is 0 Å². The summed E-state index contributed by atoms with van der Waals surface area (Å²) in [5.74, 6) is -1.02. The highest BCUT2D eigenvalue weighted by atomic mass is 35.5. The van der Waals surface area contributed by atoms with Crippen LogP contribution >= 0.6 is 11.6 Å². The van der Waals surface area contributed by atoms with E-state index < -0.39 is 11.7 Å². The number of amides is 1. The van der Waals surface area contributed by atoms with Gasteiger partial charge in [0.25, 0.3) is 5.91 Å². The maximum Gasteiger partial charge on any atom is 0.254 e. The first kappa shape index (κ1) is 17.9. The van der Waals surface area contributed by atoms with E-state index in [1.54, 1.807) is 0 Å². The Labute approximate surface area is 152 Å². The molecule has 0 aromatic heterocycles. The summed E-state index contributed by atoms with van der Waals surface area (Å²) in [6, 6.07) is 12.1. The van der Waals surface area contributed by atoms with Gasteiger partial charge in [-0.1, -0.05) is 42.3 Å². The number of carbonyl (C=O) groups is 1. The molecule has 132 valence electrons. The SMILES string of the molecule is O=C(NCc1ccccc1CN1CCCCC1)c1cc(Cl)ccc1F. The molecule has 0 radical (unpaired) electrons. The fourth-order valence-electron chi connectivity index (χ4n) is 3.18. The van der Waals surface area contributed by atoms with Crippen LogP contribution in [-0.2, 0) is 13.1 Å². The van der Waals surface area contributed by atoms with E-state index >= 15 is 0 Å². The van der Waals surface area contributed by atoms with Gasteiger partial charge >= 0.3 is 0 Å². The molecule has 1 amide bonds. The lowest BCUT2D eigenvalue weighted by Gasteiger charge is -2.27. The number of piperidine rings is 1. The lowest BCUT2D eigenvalue weighted by Crippen LogP contribution is -2.30. The minimum Gasteiger partial charge on any atom is -0.348 e. The number of benzene rings is 2. The van der Waals surface area contributed by atoms with Crippen LogP contribution in [0.2, 0.25) is 5.02 Å². The van der Waals surface area contributed by atoms with Gasteiger partial charge in [-0.3, -0.25) is 9.69 Å². The first-order valence-electron chi connectivity index (χ1n) is 8.66. The lowest BCUT2D eigenvalue weighted by molar-refractivity contribution is 0.0946. The number of nitrogens with zero attached hydrogens (tertiary/aromatic N) is 1. The Balaban J connectivity index is 1.66. The summed E-state index contributed by atoms with van der Waals surface area (Å²) in [4.78, 5) is 14.7. The molecular formula is C20H22ClFN2O. The zero-order valence-corrected chi connectivity index (χ0v) is 14.9. The van der Waals surface area contributed by atoms with Crippen molar-refractivity contribution in [3.05, 3.63) is 70.0 Å². The van der Waals surface area contributed by atoms with Crippen molar-refractivity contribution in [1.29, 1.82) is 0 Å². The number of nitrogens with one attached hydrogen (secondary N) is 1. The largest absolute Gasteiger partial charge is 0.348 e. The maximum atomic E-state index is 13.8. The molecule has 0 spiro atoms. The Morgan fingerprint density at radius 1 is 1.08 bits per heavy atom. The van der Waals surface area contributed by atoms with Gasteiger partial charge in [-0.2, -0.15) is 0 Å². The summed E-state index contributed by atoms with van der Waals surface area (Å²) in [7, 11) is 0. The fraction of sp³-hybridized carbons (Fsp3) is 0.350. The highest BCUT2D eigenvalue weighted by Crippen LogP contribution is 2.17. The number of carbonyl (C=O) groups excluding carboxylic acids is 1. The Morgan fingerprint density at radius 3 is 2.56 bits per heavy atom. The summed E-state index contributed by atoms with van der Waals surface area (Å²) >= 11 is 5.86. The molecule has 2 aromatic rings. The van der Waals surface area contributed by atoms with Crippen LogP contribution < -0.4 is 5.32 Å². The number of rotatable bonds is 5. The van der Waals surface area contributed by atoms with Crippen molar-refractivity contribution in [2.75, 3.05) is 13.1 Å². The summed E-state index contributed by atoms with van der Waals surface area (Å²) in [5, 5.41) is 3.15. The quantitative estimate of drug-likeness (QED) is 0.857. The highest BCUT2D eigenvalue weighted by Gasteiger charge is 2.15. The molecule has 0 saturated carbocycles. The van der Waals surface area contributed by atoms with Gasteiger partial charge in [0.2, 0.25) is 0 Å². The Bertz CT molecular complexity index is 744. The third-order valence-corrected chi connectivity index (χ3v) is 4.81. The number of halogens is 2. The fourth-order valence-corrected chi connectivity index (χ4v) is 3.36. The zero-order valence-electron chi connectivity index (χ0n) is 14.1. The third-order valence-electron chi connectivity index (χ3n) is 4.57. The first-order valence-corrected chi connectivity index (χ1v) is 9.03. The highest BCUT2D eigenvalue weighted by molar-refractivity contribution is 6.31. The minimum atomic E-state index is -0.566. The van der Waals surface area contributed by atoms with Gasteiger partial charge in [0.15, 0.2) is 0 Å². The molecule has 0 atom stereocenters. The second kappa shape index (κ2) is 8.45. The predicted molar refractivity (Wildman–Crippen MR) is 98.2 cm³/mol. The molecule has 0 bridgehead atoms. The standard InChI is InChI=1S/C20H22ClFN2O/c21-17-8-9-19(22)18(12-17)20(25)23-13-15-6-2-3-7-16(15)14-24-10-4-1-5-11-24/h2-3,6-9,12H,1,4-5,10-11,13-14H2,(H,23,25). The molecule has 5 heteroatoms. The normalized spacial score (nSPS) is 15.1. The summed E-state index contributed by atoms with van der Waals surface area (Å²) in [6.07, 6.45) is 3.79. The van der Waals surface area contributed by atoms with E-state index in [4.69, 9.17) is 11.6 Å². The molecule has 0 aliphatic carbocycles. The van der Waals surface area contributed by atoms with Gasteiger partial charge in [-0.15, -0.1) is 0 Å². The third kappa shape index (κ3) is 4.80. The van der Waals surface area contributed by atoms with E-state index in [-0.39, 0.29) is 5.56 Å². The molecule has 1 heterocycles. The van der Waals surface area contributed by atoms with Crippen molar-refractivity contribution in [1.82, 2.24) is 10.2 Å². The van der Waals surface area contributed by atoms with Crippen molar-refractivity contribution in [3.63, 3.8) is 0 Å². The van der Waals surface area contributed by atoms with Gasteiger partial charge < -0.3 is 5.32 Å². The molecule has 1 fully saturated rings. The second-order valence-corrected chi connectivity index (χ2v) is 6.85. The van der Waals surface area contributed by atoms with Crippen LogP contribution in [0.5, 0.6) is 0 Å². The topological polar surface area (TPSA) is 32.3 Å². The molecule has 3 nitrogen and oxygen atoms in total. The van der Waals surface area contributed by atoms with Gasteiger partial charge in [-0.05, 0) is 55.3 Å². The van der Waals surface area contributed by atoms with Gasteiger partial charge in [0, 0.05) is 18.1 Å². The lowest BCUT2D eigenvalue weighted by atomic mass is 10.0. The van der Waals surface area contributed by atoms with Crippen LogP contribution in [0.1, 0.15) is 40.7 Å². The average Bonchev–Trinajstić information content (AvgIpc) is 2.63. The molecule has 2 aromatic carbocycles. The molecule has 3 rings (SSSR count). The van der Waals surface area contributed by atoms with Crippen molar-refractivity contribution in [2.24, 2.45) is 0 Å². The molecule has 1 saturated heterocycles. The van der Waals surface area contributed by atoms with Crippen LogP contribution in [0, 0.1) is 5.82 Å². The Kier molecular flexibility index (Phi) is 6.05. The Hall–Kier alpha value is -1.91. The smallest absolute Gasteiger partial charge is 0.254 e. The van der Waals surface area contributed by atoms with E-state index in [2.05, 4.69) is 16.3 Å². The number of likely N-dealkylation sites (tertiary alicyclic amines) is 1. The van der Waals surface area contributed by atoms with Crippen molar-refractivity contribution in [2.45, 2.75) is 32.4 Å². The van der Waals surface area contributed by atoms with Gasteiger partial charge in [0.05, 0.1) is 5.56 Å². The summed E-state index contributed by atoms with van der Waals surface area (Å²) in [5.41, 5.74) is 2.24. The molecule has 1 N–H and O–H groups in total. The van der Waals surface area contributed by atoms with Crippen LogP contribution in [0.15, 0.2) is 42.5 Å². The van der Waals surface area contributed by atoms with Crippen molar-refractivity contribution >= 4 is 17.5 Å². The molecule has 25 heavy (non-hydrogen) atoms. The van der Waals surface area contributed by atoms with Crippen LogP contribution in [-0.4, -0.2) is 23.9 Å². The van der Waals surface area contributed by atoms with Crippen molar-refractivity contribution in [3.8, 4) is 0 Å². The van der Waals surface area contributed by atoms with Gasteiger partial charge in [0.1, 0.15) is 5.82 Å². The van der Waals surface area contributed by atoms with Crippen LogP contribution in [0.4, 0.5) is 4.39 Å². The van der Waals surface area contributed by atoms with E-state index in [0.29, 0.717) is 11.6 Å². The Morgan fingerprint density at radius 2 is 1.80 bits per heavy atom. The second-order valence-electron chi connectivity index (χ2n) is 6.41. The van der Waals surface area contributed by atoms with Crippen molar-refractivity contribution < 1.29 is 9.18 Å². The summed E-state index contributed by atoms with van der Waals surface area (Å²) in [6.45, 7) is 3.50. The average molecular weight is 361 g/mol. The first-order chi connectivity index (χ1) is 12.1. The maximum absolute atomic E-state index is 13.8. The van der Waals surface area contributed by atoms with Gasteiger partial charge in [-0.25, -0.2) is 4.39 Å². The number of hydrogen-bond donors (Lipinski definition) is 1. The van der Waals surface area contributed by atoms with Crippen LogP contribution in [0.3, 0.4) is 0 Å².